The number of halogens is 1. The molecule has 0 bridgehead atoms. The number of carbonyl (C=O) groups excluding carboxylic acids is 1. The zero-order valence-electron chi connectivity index (χ0n) is 11.6. The topological polar surface area (TPSA) is 59.3 Å². The van der Waals surface area contributed by atoms with E-state index in [2.05, 4.69) is 5.32 Å². The van der Waals surface area contributed by atoms with E-state index >= 15 is 0 Å². The summed E-state index contributed by atoms with van der Waals surface area (Å²) >= 11 is 5.79. The summed E-state index contributed by atoms with van der Waals surface area (Å²) in [5.74, 6) is 0.736. The average Bonchev–Trinajstić information content (AvgIpc) is 2.94. The SMILES string of the molecule is CCCNC(=O)c1ccc(C[S@](=O)c2ccc(Cl)cc2)o1. The highest BCUT2D eigenvalue weighted by Crippen LogP contribution is 2.17. The summed E-state index contributed by atoms with van der Waals surface area (Å²) < 4.78 is 17.6. The third-order valence-electron chi connectivity index (χ3n) is 2.77. The number of hydrogen-bond acceptors (Lipinski definition) is 3. The quantitative estimate of drug-likeness (QED) is 0.885. The molecule has 2 aromatic rings. The van der Waals surface area contributed by atoms with Crippen LogP contribution in [0, 0.1) is 0 Å². The van der Waals surface area contributed by atoms with Crippen molar-refractivity contribution in [2.45, 2.75) is 24.0 Å². The van der Waals surface area contributed by atoms with E-state index in [1.165, 1.54) is 0 Å². The highest BCUT2D eigenvalue weighted by atomic mass is 35.5. The molecule has 21 heavy (non-hydrogen) atoms. The lowest BCUT2D eigenvalue weighted by molar-refractivity contribution is 0.0924. The first-order valence-electron chi connectivity index (χ1n) is 6.61. The molecule has 0 aliphatic heterocycles. The number of hydrogen-bond donors (Lipinski definition) is 1. The molecule has 1 N–H and O–H groups in total. The second kappa shape index (κ2) is 7.43. The summed E-state index contributed by atoms with van der Waals surface area (Å²) in [6.45, 7) is 2.58. The Hall–Kier alpha value is -1.59. The summed E-state index contributed by atoms with van der Waals surface area (Å²) in [6.07, 6.45) is 0.861. The molecule has 0 unspecified atom stereocenters. The molecule has 1 aromatic carbocycles. The molecule has 0 saturated heterocycles. The normalized spacial score (nSPS) is 12.1. The minimum atomic E-state index is -1.23. The van der Waals surface area contributed by atoms with E-state index in [0.717, 1.165) is 6.42 Å². The van der Waals surface area contributed by atoms with Crippen molar-refractivity contribution in [2.75, 3.05) is 6.54 Å². The number of carbonyl (C=O) groups is 1. The largest absolute Gasteiger partial charge is 0.455 e. The van der Waals surface area contributed by atoms with Gasteiger partial charge in [-0.05, 0) is 42.8 Å². The van der Waals surface area contributed by atoms with E-state index < -0.39 is 10.8 Å². The smallest absolute Gasteiger partial charge is 0.286 e. The molecule has 0 aliphatic carbocycles. The minimum Gasteiger partial charge on any atom is -0.455 e. The van der Waals surface area contributed by atoms with Crippen LogP contribution in [0.5, 0.6) is 0 Å². The fourth-order valence-corrected chi connectivity index (χ4v) is 2.85. The van der Waals surface area contributed by atoms with Crippen molar-refractivity contribution in [3.05, 3.63) is 52.9 Å². The summed E-state index contributed by atoms with van der Waals surface area (Å²) in [4.78, 5) is 12.4. The lowest BCUT2D eigenvalue weighted by Gasteiger charge is -2.01. The Bertz CT molecular complexity index is 637. The molecule has 112 valence electrons. The molecule has 0 saturated carbocycles. The van der Waals surface area contributed by atoms with Gasteiger partial charge in [0, 0.05) is 16.5 Å². The predicted octanol–water partition coefficient (Wildman–Crippen LogP) is 3.38. The van der Waals surface area contributed by atoms with Crippen molar-refractivity contribution in [2.24, 2.45) is 0 Å². The molecule has 1 amide bonds. The maximum absolute atomic E-state index is 12.2. The fraction of sp³-hybridized carbons (Fsp3) is 0.267. The van der Waals surface area contributed by atoms with Gasteiger partial charge in [0.05, 0.1) is 16.6 Å². The van der Waals surface area contributed by atoms with Gasteiger partial charge in [-0.3, -0.25) is 9.00 Å². The first-order chi connectivity index (χ1) is 10.1. The maximum Gasteiger partial charge on any atom is 0.286 e. The van der Waals surface area contributed by atoms with Gasteiger partial charge in [0.1, 0.15) is 5.76 Å². The molecular weight excluding hydrogens is 310 g/mol. The van der Waals surface area contributed by atoms with Crippen molar-refractivity contribution < 1.29 is 13.4 Å². The van der Waals surface area contributed by atoms with Gasteiger partial charge in [0.2, 0.25) is 0 Å². The van der Waals surface area contributed by atoms with Crippen LogP contribution in [0.25, 0.3) is 0 Å². The number of rotatable bonds is 6. The van der Waals surface area contributed by atoms with Crippen molar-refractivity contribution >= 4 is 28.3 Å². The number of amides is 1. The average molecular weight is 326 g/mol. The van der Waals surface area contributed by atoms with E-state index in [-0.39, 0.29) is 17.4 Å². The third-order valence-corrected chi connectivity index (χ3v) is 4.37. The highest BCUT2D eigenvalue weighted by molar-refractivity contribution is 7.84. The Morgan fingerprint density at radius 2 is 1.95 bits per heavy atom. The van der Waals surface area contributed by atoms with Crippen LogP contribution in [-0.2, 0) is 16.6 Å². The molecule has 0 aliphatic rings. The van der Waals surface area contributed by atoms with Crippen LogP contribution < -0.4 is 5.32 Å². The molecule has 1 heterocycles. The summed E-state index contributed by atoms with van der Waals surface area (Å²) in [5.41, 5.74) is 0. The van der Waals surface area contributed by atoms with Crippen molar-refractivity contribution in [3.63, 3.8) is 0 Å². The Morgan fingerprint density at radius 3 is 2.62 bits per heavy atom. The van der Waals surface area contributed by atoms with Crippen molar-refractivity contribution in [1.29, 1.82) is 0 Å². The van der Waals surface area contributed by atoms with Gasteiger partial charge in [0.25, 0.3) is 5.91 Å². The van der Waals surface area contributed by atoms with Gasteiger partial charge in [-0.25, -0.2) is 0 Å². The highest BCUT2D eigenvalue weighted by Gasteiger charge is 2.13. The summed E-state index contributed by atoms with van der Waals surface area (Å²) in [5, 5.41) is 3.33. The maximum atomic E-state index is 12.2. The predicted molar refractivity (Wildman–Crippen MR) is 82.9 cm³/mol. The zero-order valence-corrected chi connectivity index (χ0v) is 13.2. The fourth-order valence-electron chi connectivity index (χ4n) is 1.70. The van der Waals surface area contributed by atoms with Crippen LogP contribution >= 0.6 is 11.6 Å². The van der Waals surface area contributed by atoms with Crippen LogP contribution in [0.2, 0.25) is 5.02 Å². The molecule has 0 fully saturated rings. The second-order valence-corrected chi connectivity index (χ2v) is 6.35. The zero-order chi connectivity index (χ0) is 15.2. The Labute approximate surface area is 130 Å². The van der Waals surface area contributed by atoms with E-state index in [9.17, 15) is 9.00 Å². The van der Waals surface area contributed by atoms with Crippen LogP contribution in [0.1, 0.15) is 29.7 Å². The van der Waals surface area contributed by atoms with Gasteiger partial charge < -0.3 is 9.73 Å². The number of nitrogens with one attached hydrogen (secondary N) is 1. The van der Waals surface area contributed by atoms with Crippen molar-refractivity contribution in [1.82, 2.24) is 5.32 Å². The van der Waals surface area contributed by atoms with Crippen LogP contribution in [0.3, 0.4) is 0 Å². The van der Waals surface area contributed by atoms with Gasteiger partial charge in [-0.2, -0.15) is 0 Å². The van der Waals surface area contributed by atoms with E-state index in [0.29, 0.717) is 22.2 Å². The van der Waals surface area contributed by atoms with E-state index in [1.807, 2.05) is 6.92 Å². The first-order valence-corrected chi connectivity index (χ1v) is 8.30. The summed E-state index contributed by atoms with van der Waals surface area (Å²) in [6, 6.07) is 10.1. The Kier molecular flexibility index (Phi) is 5.59. The third kappa shape index (κ3) is 4.44. The standard InChI is InChI=1S/C15H16ClNO3S/c1-2-9-17-15(18)14-8-5-12(20-14)10-21(19)13-6-3-11(16)4-7-13/h3-8H,2,9-10H2,1H3,(H,17,18)/t21-/m0/s1. The minimum absolute atomic E-state index is 0.225. The lowest BCUT2D eigenvalue weighted by Crippen LogP contribution is -2.23. The molecule has 1 aromatic heterocycles. The molecular formula is C15H16ClNO3S. The van der Waals surface area contributed by atoms with Gasteiger partial charge in [-0.15, -0.1) is 0 Å². The van der Waals surface area contributed by atoms with Gasteiger partial charge in [0.15, 0.2) is 5.76 Å². The number of benzene rings is 1. The Balaban J connectivity index is 2.00. The first kappa shape index (κ1) is 15.8. The summed E-state index contributed by atoms with van der Waals surface area (Å²) in [7, 11) is -1.23. The molecule has 0 radical (unpaired) electrons. The molecule has 4 nitrogen and oxygen atoms in total. The second-order valence-electron chi connectivity index (χ2n) is 4.47. The van der Waals surface area contributed by atoms with Crippen molar-refractivity contribution in [3.8, 4) is 0 Å². The molecule has 6 heteroatoms. The van der Waals surface area contributed by atoms with Crippen LogP contribution in [0.15, 0.2) is 45.7 Å². The Morgan fingerprint density at radius 1 is 1.24 bits per heavy atom. The molecule has 0 spiro atoms. The number of furan rings is 1. The van der Waals surface area contributed by atoms with Gasteiger partial charge >= 0.3 is 0 Å². The van der Waals surface area contributed by atoms with E-state index in [1.54, 1.807) is 36.4 Å². The monoisotopic (exact) mass is 325 g/mol. The van der Waals surface area contributed by atoms with Gasteiger partial charge in [-0.1, -0.05) is 18.5 Å². The molecule has 1 atom stereocenters. The van der Waals surface area contributed by atoms with E-state index in [4.69, 9.17) is 16.0 Å². The van der Waals surface area contributed by atoms with Crippen LogP contribution in [-0.4, -0.2) is 16.7 Å². The van der Waals surface area contributed by atoms with Crippen LogP contribution in [0.4, 0.5) is 0 Å². The molecule has 2 rings (SSSR count). The lowest BCUT2D eigenvalue weighted by atomic mass is 10.4.